The van der Waals surface area contributed by atoms with Gasteiger partial charge in [0.15, 0.2) is 0 Å². The molecule has 6 heterocycles. The highest BCUT2D eigenvalue weighted by Gasteiger charge is 2.58. The average molecular weight is 1230 g/mol. The number of nitrogens with one attached hydrogen (secondary N) is 6. The predicted molar refractivity (Wildman–Crippen MR) is 296 cm³/mol. The molecule has 0 aromatic rings. The molecule has 6 saturated heterocycles. The number of aliphatic hydroxyl groups is 3. The normalized spacial score (nSPS) is 30.3. The van der Waals surface area contributed by atoms with Crippen molar-refractivity contribution in [1.82, 2.24) is 61.3 Å². The molecule has 33 heteroatoms. The molecular weight excluding hydrogens is 1150 g/mol. The highest BCUT2D eigenvalue weighted by atomic mass is 16.3. The van der Waals surface area contributed by atoms with Crippen LogP contribution in [0, 0.1) is 16.2 Å². The second kappa shape index (κ2) is 27.3. The second-order valence-electron chi connectivity index (χ2n) is 24.7. The van der Waals surface area contributed by atoms with E-state index >= 15 is 0 Å². The lowest BCUT2D eigenvalue weighted by atomic mass is 9.53. The number of nitrogens with two attached hydrogens (primary N) is 3. The minimum atomic E-state index is -1.66. The summed E-state index contributed by atoms with van der Waals surface area (Å²) in [5, 5.41) is 45.2. The number of likely N-dealkylation sites (tertiary alicyclic amines) is 6. The number of amides is 15. The number of nitrogens with zero attached hydrogens (tertiary/aromatic N) is 6. The van der Waals surface area contributed by atoms with Crippen LogP contribution < -0.4 is 49.1 Å². The fourth-order valence-electron chi connectivity index (χ4n) is 13.9. The van der Waals surface area contributed by atoms with Gasteiger partial charge in [0, 0.05) is 74.8 Å². The van der Waals surface area contributed by atoms with Crippen LogP contribution in [-0.4, -0.2) is 266 Å². The van der Waals surface area contributed by atoms with Crippen LogP contribution in [0.25, 0.3) is 0 Å². The molecule has 87 heavy (non-hydrogen) atoms. The van der Waals surface area contributed by atoms with E-state index in [1.165, 1.54) is 35.5 Å². The summed E-state index contributed by atoms with van der Waals surface area (Å²) in [5.41, 5.74) is 11.4. The molecule has 15 amide bonds. The van der Waals surface area contributed by atoms with Gasteiger partial charge in [-0.3, -0.25) is 71.9 Å². The molecular formula is C54H81N15O18. The largest absolute Gasteiger partial charge is 0.391 e. The standard InChI is InChI=1S/C54H81N15O18/c1-52(49(85)61-16-37(73)58-19-40(76)64-10-4-7-31(64)46(82)67-22-28(70)13-34(67)43(55)79)25-53(2,50(86)62-17-38(74)59-20-41(77)65-11-5-8-32(65)47(83)68-23-29(71)14-35(68)44(56)80)27-54(3,26-52)51(87)63-18-39(75)60-21-42(78)66-12-6-9-33(66)48(84)69-24-30(72)15-36(69)45(57)81/h28-36,70-72H,4-27H2,1-3H3,(H2,55,79)(H2,56,80)(H2,57,81)(H,58,73)(H,59,74)(H,60,75)(H,61,85)(H,62,86)(H,63,87)/t28-,29-,30-,31+,32+,33+,34+,35+,36+,52?,53?,54?/m1/s1. The van der Waals surface area contributed by atoms with Gasteiger partial charge in [-0.15, -0.1) is 0 Å². The zero-order chi connectivity index (χ0) is 64.0. The van der Waals surface area contributed by atoms with Crippen LogP contribution in [0.3, 0.4) is 0 Å². The van der Waals surface area contributed by atoms with Crippen molar-refractivity contribution >= 4 is 88.6 Å². The van der Waals surface area contributed by atoms with Gasteiger partial charge >= 0.3 is 0 Å². The van der Waals surface area contributed by atoms with E-state index in [-0.39, 0.29) is 97.1 Å². The SMILES string of the molecule is CC1(C(=O)NCC(=O)NCC(=O)N2CCC[C@H]2C(=O)N2C[C@H](O)C[C@H]2C(N)=O)CC(C)(C(=O)NCC(=O)NCC(=O)N2CCC[C@H]2C(=O)N2C[C@H](O)C[C@H]2C(N)=O)CC(C)(C(=O)NCC(=O)NCC(=O)N2CCC[C@H]2C(=O)N2C[C@H](O)C[C@H]2C(N)=O)C1. The second-order valence-corrected chi connectivity index (χ2v) is 24.7. The van der Waals surface area contributed by atoms with Crippen molar-refractivity contribution in [2.75, 3.05) is 78.5 Å². The Morgan fingerprint density at radius 2 is 0.609 bits per heavy atom. The van der Waals surface area contributed by atoms with Gasteiger partial charge in [-0.1, -0.05) is 20.8 Å². The maximum absolute atomic E-state index is 14.3. The van der Waals surface area contributed by atoms with Crippen molar-refractivity contribution in [1.29, 1.82) is 0 Å². The van der Waals surface area contributed by atoms with Gasteiger partial charge in [0.25, 0.3) is 0 Å². The molecule has 7 fully saturated rings. The first-order chi connectivity index (χ1) is 40.9. The first-order valence-electron chi connectivity index (χ1n) is 29.2. The number of β-amino-alcohol motifs (C(OH)–C–C–N with tert-alkyl or cyclic N) is 3. The topological polar surface area (TPSA) is 486 Å². The van der Waals surface area contributed by atoms with E-state index in [9.17, 15) is 87.2 Å². The van der Waals surface area contributed by atoms with E-state index in [4.69, 9.17) is 17.2 Å². The number of hydrogen-bond donors (Lipinski definition) is 12. The van der Waals surface area contributed by atoms with Gasteiger partial charge in [0.2, 0.25) is 88.6 Å². The van der Waals surface area contributed by atoms with E-state index < -0.39 is 199 Å². The number of carbonyl (C=O) groups is 15. The monoisotopic (exact) mass is 1230 g/mol. The smallest absolute Gasteiger partial charge is 0.246 e. The highest BCUT2D eigenvalue weighted by molar-refractivity contribution is 5.98. The summed E-state index contributed by atoms with van der Waals surface area (Å²) in [6, 6.07) is -6.15. The molecule has 9 atom stereocenters. The summed E-state index contributed by atoms with van der Waals surface area (Å²) in [6.07, 6.45) is -1.93. The molecule has 7 aliphatic rings. The molecule has 7 rings (SSSR count). The van der Waals surface area contributed by atoms with Crippen LogP contribution in [0.2, 0.25) is 0 Å². The van der Waals surface area contributed by atoms with Crippen molar-refractivity contribution in [3.63, 3.8) is 0 Å². The lowest BCUT2D eigenvalue weighted by Crippen LogP contribution is -2.59. The van der Waals surface area contributed by atoms with Crippen LogP contribution in [0.15, 0.2) is 0 Å². The number of rotatable bonds is 21. The van der Waals surface area contributed by atoms with Crippen LogP contribution >= 0.6 is 0 Å². The Bertz CT molecular complexity index is 2500. The van der Waals surface area contributed by atoms with Crippen LogP contribution in [0.5, 0.6) is 0 Å². The summed E-state index contributed by atoms with van der Waals surface area (Å²) in [5.74, 6) is -11.1. The maximum atomic E-state index is 14.3. The Balaban J connectivity index is 0.969. The predicted octanol–water partition coefficient (Wildman–Crippen LogP) is -8.80. The van der Waals surface area contributed by atoms with Crippen molar-refractivity contribution in [3.05, 3.63) is 0 Å². The van der Waals surface area contributed by atoms with E-state index in [1.54, 1.807) is 0 Å². The summed E-state index contributed by atoms with van der Waals surface area (Å²) in [4.78, 5) is 207. The summed E-state index contributed by atoms with van der Waals surface area (Å²) in [6.45, 7) is 0.418. The minimum Gasteiger partial charge on any atom is -0.391 e. The number of aliphatic hydroxyl groups excluding tert-OH is 3. The third-order valence-corrected chi connectivity index (χ3v) is 17.8. The quantitative estimate of drug-likeness (QED) is 0.0508. The minimum absolute atomic E-state index is 0.0525. The Morgan fingerprint density at radius 1 is 0.368 bits per heavy atom. The molecule has 0 bridgehead atoms. The average Bonchev–Trinajstić information content (AvgIpc) is 1.73. The van der Waals surface area contributed by atoms with Gasteiger partial charge in [-0.2, -0.15) is 0 Å². The summed E-state index contributed by atoms with van der Waals surface area (Å²) < 4.78 is 0. The van der Waals surface area contributed by atoms with Gasteiger partial charge < -0.3 is 93.8 Å². The van der Waals surface area contributed by atoms with Crippen molar-refractivity contribution in [3.8, 4) is 0 Å². The zero-order valence-electron chi connectivity index (χ0n) is 49.0. The number of primary amides is 3. The van der Waals surface area contributed by atoms with Crippen molar-refractivity contribution in [2.24, 2.45) is 33.4 Å². The lowest BCUT2D eigenvalue weighted by molar-refractivity contribution is -0.155. The summed E-state index contributed by atoms with van der Waals surface area (Å²) in [7, 11) is 0. The highest BCUT2D eigenvalue weighted by Crippen LogP contribution is 2.55. The van der Waals surface area contributed by atoms with Gasteiger partial charge in [-0.05, 0) is 57.8 Å². The van der Waals surface area contributed by atoms with Crippen LogP contribution in [0.4, 0.5) is 0 Å². The molecule has 0 radical (unpaired) electrons. The third-order valence-electron chi connectivity index (χ3n) is 17.8. The molecule has 0 unspecified atom stereocenters. The molecule has 0 aromatic heterocycles. The van der Waals surface area contributed by atoms with Crippen LogP contribution in [0.1, 0.15) is 97.8 Å². The van der Waals surface area contributed by atoms with Crippen molar-refractivity contribution in [2.45, 2.75) is 152 Å². The molecule has 0 aromatic carbocycles. The Kier molecular flexibility index (Phi) is 20.9. The van der Waals surface area contributed by atoms with E-state index in [2.05, 4.69) is 31.9 Å². The Labute approximate surface area is 500 Å². The van der Waals surface area contributed by atoms with E-state index in [1.807, 2.05) is 0 Å². The first kappa shape index (κ1) is 66.5. The zero-order valence-corrected chi connectivity index (χ0v) is 49.0. The first-order valence-corrected chi connectivity index (χ1v) is 29.2. The lowest BCUT2D eigenvalue weighted by Gasteiger charge is -2.50. The molecule has 0 spiro atoms. The maximum Gasteiger partial charge on any atom is 0.246 e. The van der Waals surface area contributed by atoms with Crippen molar-refractivity contribution < 1.29 is 87.2 Å². The van der Waals surface area contributed by atoms with Gasteiger partial charge in [-0.25, -0.2) is 0 Å². The van der Waals surface area contributed by atoms with Gasteiger partial charge in [0.05, 0.1) is 57.6 Å². The molecule has 1 saturated carbocycles. The molecule has 33 nitrogen and oxygen atoms in total. The molecule has 1 aliphatic carbocycles. The molecule has 15 N–H and O–H groups in total. The number of carbonyl (C=O) groups excluding carboxylic acids is 15. The Hall–Kier alpha value is -8.07. The fourth-order valence-corrected chi connectivity index (χ4v) is 13.9. The summed E-state index contributed by atoms with van der Waals surface area (Å²) >= 11 is 0. The third kappa shape index (κ3) is 15.2. The number of hydrogen-bond acceptors (Lipinski definition) is 18. The van der Waals surface area contributed by atoms with E-state index in [0.29, 0.717) is 19.3 Å². The van der Waals surface area contributed by atoms with E-state index in [0.717, 1.165) is 14.7 Å². The molecule has 6 aliphatic heterocycles. The molecule has 480 valence electrons. The Morgan fingerprint density at radius 3 is 0.839 bits per heavy atom. The fraction of sp³-hybridized carbons (Fsp3) is 0.722. The van der Waals surface area contributed by atoms with Gasteiger partial charge in [0.1, 0.15) is 36.3 Å². The van der Waals surface area contributed by atoms with Crippen LogP contribution in [-0.2, 0) is 71.9 Å².